The summed E-state index contributed by atoms with van der Waals surface area (Å²) in [7, 11) is 0. The van der Waals surface area contributed by atoms with E-state index >= 15 is 0 Å². The van der Waals surface area contributed by atoms with Gasteiger partial charge in [-0.15, -0.1) is 5.10 Å². The van der Waals surface area contributed by atoms with Crippen molar-refractivity contribution >= 4 is 17.7 Å². The summed E-state index contributed by atoms with van der Waals surface area (Å²) in [6, 6.07) is 16.0. The van der Waals surface area contributed by atoms with E-state index in [0.717, 1.165) is 5.56 Å². The van der Waals surface area contributed by atoms with Gasteiger partial charge in [0.05, 0.1) is 25.7 Å². The number of carbonyl (C=O) groups is 3. The molecule has 2 aromatic carbocycles. The number of hydrogen-bond donors (Lipinski definition) is 2. The maximum absolute atomic E-state index is 13.2. The largest absolute Gasteiger partial charge is 0.492 e. The molecule has 0 radical (unpaired) electrons. The van der Waals surface area contributed by atoms with E-state index in [1.165, 1.54) is 15.9 Å². The molecule has 2 N–H and O–H groups in total. The zero-order valence-corrected chi connectivity index (χ0v) is 23.2. The summed E-state index contributed by atoms with van der Waals surface area (Å²) in [5.41, 5.74) is 1.30. The van der Waals surface area contributed by atoms with Gasteiger partial charge in [-0.3, -0.25) is 14.4 Å². The van der Waals surface area contributed by atoms with Crippen LogP contribution in [0.5, 0.6) is 5.75 Å². The van der Waals surface area contributed by atoms with Crippen LogP contribution in [0.2, 0.25) is 0 Å². The Hall–Kier alpha value is -5.14. The number of rotatable bonds is 4. The van der Waals surface area contributed by atoms with Crippen molar-refractivity contribution in [2.75, 3.05) is 26.2 Å². The van der Waals surface area contributed by atoms with Crippen LogP contribution in [0, 0.1) is 0 Å². The van der Waals surface area contributed by atoms with Gasteiger partial charge in [0, 0.05) is 30.6 Å². The van der Waals surface area contributed by atoms with Crippen LogP contribution in [0.1, 0.15) is 42.0 Å². The van der Waals surface area contributed by atoms with E-state index in [1.807, 2.05) is 37.3 Å². The van der Waals surface area contributed by atoms with Gasteiger partial charge in [-0.25, -0.2) is 14.3 Å². The second-order valence-corrected chi connectivity index (χ2v) is 9.80. The summed E-state index contributed by atoms with van der Waals surface area (Å²) in [5, 5.41) is 21.5. The Kier molecular flexibility index (Phi) is 9.11. The molecular weight excluding hydrogens is 540 g/mol. The van der Waals surface area contributed by atoms with Gasteiger partial charge in [0.1, 0.15) is 24.5 Å². The summed E-state index contributed by atoms with van der Waals surface area (Å²) in [5.74, 6) is 0.802. The summed E-state index contributed by atoms with van der Waals surface area (Å²) in [6.07, 6.45) is 1.99. The minimum atomic E-state index is -0.498. The number of fused-ring (bicyclic) bond motifs is 3. The van der Waals surface area contributed by atoms with Gasteiger partial charge in [0.15, 0.2) is 5.82 Å². The van der Waals surface area contributed by atoms with E-state index in [4.69, 9.17) is 9.72 Å². The Balaban J connectivity index is 1.38. The number of nitrogens with one attached hydrogen (secondary N) is 2. The lowest BCUT2D eigenvalue weighted by atomic mass is 10.2. The average Bonchev–Trinajstić information content (AvgIpc) is 3.68. The third-order valence-electron chi connectivity index (χ3n) is 6.69. The number of carbonyl (C=O) groups excluding carboxylic acids is 3. The summed E-state index contributed by atoms with van der Waals surface area (Å²) in [4.78, 5) is 45.3. The molecule has 1 aliphatic heterocycles. The Morgan fingerprint density at radius 2 is 1.90 bits per heavy atom. The normalized spacial score (nSPS) is 16.8. The molecule has 0 saturated carbocycles. The van der Waals surface area contributed by atoms with Crippen molar-refractivity contribution in [1.82, 2.24) is 50.5 Å². The van der Waals surface area contributed by atoms with Crippen molar-refractivity contribution < 1.29 is 19.1 Å². The van der Waals surface area contributed by atoms with Gasteiger partial charge >= 0.3 is 0 Å². The number of aromatic nitrogens is 7. The predicted molar refractivity (Wildman–Crippen MR) is 150 cm³/mol. The number of aryl methyl sites for hydroxylation is 1. The number of nitrogens with zero attached hydrogens (tertiary/aromatic N) is 8. The minimum Gasteiger partial charge on any atom is -0.492 e. The fourth-order valence-electron chi connectivity index (χ4n) is 4.57. The predicted octanol–water partition coefficient (Wildman–Crippen LogP) is 1.24. The van der Waals surface area contributed by atoms with Crippen molar-refractivity contribution in [3.05, 3.63) is 72.3 Å². The van der Waals surface area contributed by atoms with Crippen LogP contribution >= 0.6 is 0 Å². The molecule has 3 heterocycles. The van der Waals surface area contributed by atoms with Crippen LogP contribution in [-0.2, 0) is 22.7 Å². The number of amides is 3. The van der Waals surface area contributed by atoms with Gasteiger partial charge in [0.2, 0.25) is 11.8 Å². The Morgan fingerprint density at radius 1 is 1.07 bits per heavy atom. The maximum atomic E-state index is 13.2. The van der Waals surface area contributed by atoms with E-state index in [2.05, 4.69) is 31.3 Å². The molecule has 1 aliphatic rings. The van der Waals surface area contributed by atoms with Gasteiger partial charge in [-0.1, -0.05) is 36.4 Å². The van der Waals surface area contributed by atoms with Crippen LogP contribution in [0.4, 0.5) is 0 Å². The molecule has 1 atom stereocenters. The molecule has 0 spiro atoms. The highest BCUT2D eigenvalue weighted by Crippen LogP contribution is 2.20. The fourth-order valence-corrected chi connectivity index (χ4v) is 4.57. The van der Waals surface area contributed by atoms with Gasteiger partial charge in [-0.05, 0) is 42.0 Å². The summed E-state index contributed by atoms with van der Waals surface area (Å²) in [6.45, 7) is 3.17. The van der Waals surface area contributed by atoms with E-state index in [9.17, 15) is 14.4 Å². The van der Waals surface area contributed by atoms with Crippen molar-refractivity contribution in [2.24, 2.45) is 0 Å². The van der Waals surface area contributed by atoms with Crippen LogP contribution in [0.3, 0.4) is 0 Å². The first-order valence-electron chi connectivity index (χ1n) is 13.8. The number of ether oxygens (including phenoxy) is 1. The molecule has 0 fully saturated rings. The van der Waals surface area contributed by atoms with Crippen molar-refractivity contribution in [1.29, 1.82) is 0 Å². The topological polar surface area (TPSA) is 162 Å². The molecule has 42 heavy (non-hydrogen) atoms. The Bertz CT molecular complexity index is 1510. The van der Waals surface area contributed by atoms with Crippen LogP contribution < -0.4 is 15.4 Å². The summed E-state index contributed by atoms with van der Waals surface area (Å²) >= 11 is 0. The molecule has 218 valence electrons. The SMILES string of the molecule is C[C@@H]1NC(=O)CN(C(=O)CCn2cnnn2)CCCNC(=O)c2cccc(c2)OCCn2nc(-c3ccccc3)nc21. The standard InChI is InChI=1S/C28H32N10O4/c1-20-27-32-26(21-7-3-2-4-8-21)33-38(27)15-16-42-23-10-5-9-22(17-23)28(41)29-12-6-13-36(18-24(39)31-20)25(40)11-14-37-19-30-34-35-37/h2-5,7-10,17,19-20H,6,11-16,18H2,1H3,(H,29,41)(H,31,39)/t20-/m0/s1. The lowest BCUT2D eigenvalue weighted by Gasteiger charge is -2.24. The van der Waals surface area contributed by atoms with Crippen LogP contribution in [-0.4, -0.2) is 83.8 Å². The lowest BCUT2D eigenvalue weighted by molar-refractivity contribution is -0.136. The van der Waals surface area contributed by atoms with Crippen molar-refractivity contribution in [2.45, 2.75) is 38.9 Å². The zero-order chi connectivity index (χ0) is 29.3. The van der Waals surface area contributed by atoms with Crippen LogP contribution in [0.25, 0.3) is 11.4 Å². The highest BCUT2D eigenvalue weighted by atomic mass is 16.5. The first-order valence-corrected chi connectivity index (χ1v) is 13.8. The molecular formula is C28H32N10O4. The maximum Gasteiger partial charge on any atom is 0.251 e. The van der Waals surface area contributed by atoms with Crippen molar-refractivity contribution in [3.63, 3.8) is 0 Å². The fraction of sp³-hybridized carbons (Fsp3) is 0.357. The highest BCUT2D eigenvalue weighted by Gasteiger charge is 2.23. The third kappa shape index (κ3) is 7.33. The number of hydrogen-bond acceptors (Lipinski definition) is 9. The molecule has 0 unspecified atom stereocenters. The number of tetrazole rings is 1. The molecule has 0 aliphatic carbocycles. The third-order valence-corrected chi connectivity index (χ3v) is 6.69. The van der Waals surface area contributed by atoms with Crippen molar-refractivity contribution in [3.8, 4) is 17.1 Å². The first-order chi connectivity index (χ1) is 20.5. The second kappa shape index (κ2) is 13.5. The van der Waals surface area contributed by atoms with E-state index < -0.39 is 6.04 Å². The zero-order valence-electron chi connectivity index (χ0n) is 23.2. The number of benzene rings is 2. The second-order valence-electron chi connectivity index (χ2n) is 9.80. The average molecular weight is 573 g/mol. The molecule has 2 bridgehead atoms. The Labute approximate surface area is 242 Å². The molecule has 4 aromatic rings. The van der Waals surface area contributed by atoms with E-state index in [-0.39, 0.29) is 50.4 Å². The monoisotopic (exact) mass is 572 g/mol. The molecule has 2 aromatic heterocycles. The quantitative estimate of drug-likeness (QED) is 0.366. The van der Waals surface area contributed by atoms with Gasteiger partial charge in [-0.2, -0.15) is 5.10 Å². The van der Waals surface area contributed by atoms with Crippen LogP contribution in [0.15, 0.2) is 60.9 Å². The molecule has 14 heteroatoms. The molecule has 14 nitrogen and oxygen atoms in total. The molecule has 0 saturated heterocycles. The molecule has 5 rings (SSSR count). The Morgan fingerprint density at radius 3 is 2.71 bits per heavy atom. The first kappa shape index (κ1) is 28.4. The van der Waals surface area contributed by atoms with E-state index in [0.29, 0.717) is 42.5 Å². The highest BCUT2D eigenvalue weighted by molar-refractivity contribution is 5.94. The van der Waals surface area contributed by atoms with Gasteiger partial charge in [0.25, 0.3) is 5.91 Å². The minimum absolute atomic E-state index is 0.113. The summed E-state index contributed by atoms with van der Waals surface area (Å²) < 4.78 is 9.11. The lowest BCUT2D eigenvalue weighted by Crippen LogP contribution is -2.43. The smallest absolute Gasteiger partial charge is 0.251 e. The molecule has 3 amide bonds. The van der Waals surface area contributed by atoms with Gasteiger partial charge < -0.3 is 20.3 Å². The van der Waals surface area contributed by atoms with E-state index in [1.54, 1.807) is 28.9 Å².